The highest BCUT2D eigenvalue weighted by atomic mass is 32.2. The number of nitrogens with one attached hydrogen (secondary N) is 2. The summed E-state index contributed by atoms with van der Waals surface area (Å²) in [6.45, 7) is 1.90. The molecule has 3 rings (SSSR count). The lowest BCUT2D eigenvalue weighted by molar-refractivity contribution is -0.150. The van der Waals surface area contributed by atoms with Crippen LogP contribution in [0.15, 0.2) is 59.1 Å². The highest BCUT2D eigenvalue weighted by Crippen LogP contribution is 2.40. The van der Waals surface area contributed by atoms with Crippen LogP contribution in [0.1, 0.15) is 27.4 Å². The van der Waals surface area contributed by atoms with Crippen LogP contribution in [0.3, 0.4) is 0 Å². The molecule has 0 aliphatic carbocycles. The van der Waals surface area contributed by atoms with Crippen LogP contribution in [0.25, 0.3) is 0 Å². The fraction of sp³-hybridized carbons (Fsp3) is 0.240. The minimum absolute atomic E-state index is 0.0778. The monoisotopic (exact) mass is 493 g/mol. The average molecular weight is 494 g/mol. The number of rotatable bonds is 7. The number of allylic oxidation sites excluding steroid dienone is 1. The molecule has 0 saturated heterocycles. The van der Waals surface area contributed by atoms with Crippen LogP contribution in [0.2, 0.25) is 0 Å². The summed E-state index contributed by atoms with van der Waals surface area (Å²) in [5, 5.41) is 15.5. The van der Waals surface area contributed by atoms with Gasteiger partial charge in [-0.05, 0) is 42.3 Å². The van der Waals surface area contributed by atoms with Gasteiger partial charge in [0.15, 0.2) is 0 Å². The van der Waals surface area contributed by atoms with Gasteiger partial charge in [-0.2, -0.15) is 5.26 Å². The third kappa shape index (κ3) is 5.88. The molecule has 0 aromatic heterocycles. The summed E-state index contributed by atoms with van der Waals surface area (Å²) in [5.41, 5.74) is 2.46. The Balaban J connectivity index is 1.91. The molecular formula is C25H23N3O6S. The van der Waals surface area contributed by atoms with Gasteiger partial charge in [0.1, 0.15) is 5.92 Å². The topological polar surface area (TPSA) is 135 Å². The number of amides is 2. The van der Waals surface area contributed by atoms with E-state index >= 15 is 0 Å². The van der Waals surface area contributed by atoms with E-state index in [2.05, 4.69) is 16.7 Å². The van der Waals surface area contributed by atoms with Gasteiger partial charge in [0.25, 0.3) is 0 Å². The van der Waals surface area contributed by atoms with Crippen LogP contribution in [-0.4, -0.2) is 43.7 Å². The molecule has 35 heavy (non-hydrogen) atoms. The van der Waals surface area contributed by atoms with E-state index in [-0.39, 0.29) is 27.8 Å². The largest absolute Gasteiger partial charge is 0.468 e. The maximum atomic E-state index is 12.9. The van der Waals surface area contributed by atoms with Crippen molar-refractivity contribution in [1.29, 1.82) is 5.26 Å². The molecule has 0 saturated carbocycles. The molecule has 2 atom stereocenters. The Bertz CT molecular complexity index is 1230. The first-order valence-corrected chi connectivity index (χ1v) is 11.5. The SMILES string of the molecule is COC(=O)c1ccc([C@@H]2C(C#N)=C(SCC(=O)Nc3cccc(C)c3)NC(=O)[C@H]2C(=O)OC)cc1. The number of nitrogens with zero attached hydrogens (tertiary/aromatic N) is 1. The third-order valence-corrected chi connectivity index (χ3v) is 6.34. The normalized spacial score (nSPS) is 17.1. The minimum atomic E-state index is -1.32. The molecule has 1 aliphatic rings. The molecule has 2 amide bonds. The first-order chi connectivity index (χ1) is 16.8. The second kappa shape index (κ2) is 11.4. The van der Waals surface area contributed by atoms with E-state index < -0.39 is 29.7 Å². The Morgan fingerprint density at radius 1 is 1.11 bits per heavy atom. The van der Waals surface area contributed by atoms with Crippen molar-refractivity contribution in [2.75, 3.05) is 25.3 Å². The highest BCUT2D eigenvalue weighted by molar-refractivity contribution is 8.03. The first kappa shape index (κ1) is 25.5. The van der Waals surface area contributed by atoms with Crippen LogP contribution in [0, 0.1) is 24.2 Å². The number of ether oxygens (including phenoxy) is 2. The summed E-state index contributed by atoms with van der Waals surface area (Å²) in [6.07, 6.45) is 0. The number of esters is 2. The summed E-state index contributed by atoms with van der Waals surface area (Å²) in [7, 11) is 2.41. The molecule has 2 aromatic carbocycles. The van der Waals surface area contributed by atoms with Crippen molar-refractivity contribution in [2.45, 2.75) is 12.8 Å². The molecule has 1 heterocycles. The molecule has 2 N–H and O–H groups in total. The molecular weight excluding hydrogens is 470 g/mol. The van der Waals surface area contributed by atoms with Crippen molar-refractivity contribution in [3.63, 3.8) is 0 Å². The molecule has 2 aromatic rings. The average Bonchev–Trinajstić information content (AvgIpc) is 2.86. The number of aryl methyl sites for hydroxylation is 1. The van der Waals surface area contributed by atoms with Gasteiger partial charge < -0.3 is 20.1 Å². The number of methoxy groups -OCH3 is 2. The van der Waals surface area contributed by atoms with Crippen LogP contribution in [0.4, 0.5) is 5.69 Å². The zero-order valence-corrected chi connectivity index (χ0v) is 20.1. The molecule has 180 valence electrons. The van der Waals surface area contributed by atoms with Crippen molar-refractivity contribution < 1.29 is 28.7 Å². The maximum absolute atomic E-state index is 12.9. The number of carbonyl (C=O) groups excluding carboxylic acids is 4. The summed E-state index contributed by atoms with van der Waals surface area (Å²) < 4.78 is 9.51. The Morgan fingerprint density at radius 2 is 1.83 bits per heavy atom. The predicted molar refractivity (Wildman–Crippen MR) is 129 cm³/mol. The second-order valence-corrected chi connectivity index (χ2v) is 8.63. The number of carbonyl (C=O) groups is 4. The van der Waals surface area contributed by atoms with E-state index in [1.807, 2.05) is 25.1 Å². The minimum Gasteiger partial charge on any atom is -0.468 e. The molecule has 1 aliphatic heterocycles. The van der Waals surface area contributed by atoms with E-state index in [0.29, 0.717) is 11.3 Å². The first-order valence-electron chi connectivity index (χ1n) is 10.5. The molecule has 0 bridgehead atoms. The van der Waals surface area contributed by atoms with Gasteiger partial charge in [-0.3, -0.25) is 14.4 Å². The number of hydrogen-bond donors (Lipinski definition) is 2. The van der Waals surface area contributed by atoms with Gasteiger partial charge in [0, 0.05) is 11.6 Å². The summed E-state index contributed by atoms with van der Waals surface area (Å²) in [5.74, 6) is -4.69. The van der Waals surface area contributed by atoms with Crippen LogP contribution < -0.4 is 10.6 Å². The smallest absolute Gasteiger partial charge is 0.337 e. The molecule has 9 nitrogen and oxygen atoms in total. The number of benzene rings is 2. The lowest BCUT2D eigenvalue weighted by Crippen LogP contribution is -2.44. The van der Waals surface area contributed by atoms with Gasteiger partial charge in [0.05, 0.1) is 42.2 Å². The zero-order valence-electron chi connectivity index (χ0n) is 19.3. The van der Waals surface area contributed by atoms with Crippen LogP contribution in [0.5, 0.6) is 0 Å². The van der Waals surface area contributed by atoms with E-state index in [9.17, 15) is 24.4 Å². The fourth-order valence-corrected chi connectivity index (χ4v) is 4.53. The molecule has 0 fully saturated rings. The van der Waals surface area contributed by atoms with Crippen LogP contribution >= 0.6 is 11.8 Å². The van der Waals surface area contributed by atoms with Crippen molar-refractivity contribution in [2.24, 2.45) is 5.92 Å². The molecule has 10 heteroatoms. The number of nitriles is 1. The van der Waals surface area contributed by atoms with Crippen molar-refractivity contribution in [1.82, 2.24) is 5.32 Å². The fourth-order valence-electron chi connectivity index (χ4n) is 3.68. The van der Waals surface area contributed by atoms with Gasteiger partial charge >= 0.3 is 11.9 Å². The Kier molecular flexibility index (Phi) is 8.28. The van der Waals surface area contributed by atoms with E-state index in [1.165, 1.54) is 19.2 Å². The quantitative estimate of drug-likeness (QED) is 0.444. The number of anilines is 1. The summed E-state index contributed by atoms with van der Waals surface area (Å²) >= 11 is 0.984. The predicted octanol–water partition coefficient (Wildman–Crippen LogP) is 2.89. The second-order valence-electron chi connectivity index (χ2n) is 7.64. The lowest BCUT2D eigenvalue weighted by atomic mass is 9.78. The Labute approximate surface area is 206 Å². The number of thioether (sulfide) groups is 1. The van der Waals surface area contributed by atoms with E-state index in [0.717, 1.165) is 24.4 Å². The molecule has 0 radical (unpaired) electrons. The molecule has 0 unspecified atom stereocenters. The standard InChI is InChI=1S/C25H23N3O6S/c1-14-5-4-6-17(11-14)27-19(29)13-35-23-18(12-26)20(21(22(30)28-23)25(32)34-3)15-7-9-16(10-8-15)24(31)33-2/h4-11,20-21H,13H2,1-3H3,(H,27,29)(H,28,30)/t20-,21+/m1/s1. The Hall–Kier alpha value is -4.10. The maximum Gasteiger partial charge on any atom is 0.337 e. The summed E-state index contributed by atoms with van der Waals surface area (Å²) in [6, 6.07) is 15.4. The van der Waals surface area contributed by atoms with Crippen molar-refractivity contribution in [3.8, 4) is 6.07 Å². The Morgan fingerprint density at radius 3 is 2.43 bits per heavy atom. The van der Waals surface area contributed by atoms with E-state index in [4.69, 9.17) is 9.47 Å². The van der Waals surface area contributed by atoms with Crippen molar-refractivity contribution in [3.05, 3.63) is 75.8 Å². The highest BCUT2D eigenvalue weighted by Gasteiger charge is 2.44. The van der Waals surface area contributed by atoms with Gasteiger partial charge in [-0.25, -0.2) is 4.79 Å². The molecule has 0 spiro atoms. The van der Waals surface area contributed by atoms with Crippen LogP contribution in [-0.2, 0) is 23.9 Å². The lowest BCUT2D eigenvalue weighted by Gasteiger charge is -2.31. The van der Waals surface area contributed by atoms with E-state index in [1.54, 1.807) is 18.2 Å². The summed E-state index contributed by atoms with van der Waals surface area (Å²) in [4.78, 5) is 49.6. The van der Waals surface area contributed by atoms with Gasteiger partial charge in [-0.15, -0.1) is 0 Å². The third-order valence-electron chi connectivity index (χ3n) is 5.32. The van der Waals surface area contributed by atoms with Gasteiger partial charge in [0.2, 0.25) is 11.8 Å². The zero-order chi connectivity index (χ0) is 25.5. The number of hydrogen-bond acceptors (Lipinski definition) is 8. The van der Waals surface area contributed by atoms with Crippen molar-refractivity contribution >= 4 is 41.2 Å². The van der Waals surface area contributed by atoms with Gasteiger partial charge in [-0.1, -0.05) is 36.0 Å².